The maximum atomic E-state index is 13.2. The van der Waals surface area contributed by atoms with Crippen molar-refractivity contribution in [2.45, 2.75) is 57.4 Å². The zero-order valence-electron chi connectivity index (χ0n) is 20.2. The molecule has 7 nitrogen and oxygen atoms in total. The summed E-state index contributed by atoms with van der Waals surface area (Å²) in [7, 11) is 0. The second-order valence-corrected chi connectivity index (χ2v) is 9.38. The molecule has 2 aromatic rings. The van der Waals surface area contributed by atoms with Gasteiger partial charge in [0.25, 0.3) is 0 Å². The van der Waals surface area contributed by atoms with E-state index < -0.39 is 12.1 Å². The quantitative estimate of drug-likeness (QED) is 0.540. The fraction of sp³-hybridized carbons (Fsp3) is 0.464. The Bertz CT molecular complexity index is 1020. The van der Waals surface area contributed by atoms with Crippen LogP contribution < -0.4 is 5.32 Å². The summed E-state index contributed by atoms with van der Waals surface area (Å²) >= 11 is 0. The minimum absolute atomic E-state index is 0.0123. The number of carbonyl (C=O) groups is 3. The van der Waals surface area contributed by atoms with E-state index in [-0.39, 0.29) is 36.8 Å². The molecule has 2 amide bonds. The van der Waals surface area contributed by atoms with E-state index in [4.69, 9.17) is 9.84 Å². The maximum absolute atomic E-state index is 13.2. The Morgan fingerprint density at radius 2 is 1.63 bits per heavy atom. The minimum Gasteiger partial charge on any atom is -0.481 e. The fourth-order valence-electron chi connectivity index (χ4n) is 5.47. The third-order valence-electron chi connectivity index (χ3n) is 7.24. The molecule has 186 valence electrons. The number of carbonyl (C=O) groups excluding carboxylic acids is 2. The third-order valence-corrected chi connectivity index (χ3v) is 7.24. The average molecular weight is 479 g/mol. The van der Waals surface area contributed by atoms with Crippen molar-refractivity contribution in [2.75, 3.05) is 19.7 Å². The molecule has 0 aromatic heterocycles. The lowest BCUT2D eigenvalue weighted by Gasteiger charge is -2.34. The van der Waals surface area contributed by atoms with Crippen LogP contribution in [-0.2, 0) is 14.3 Å². The summed E-state index contributed by atoms with van der Waals surface area (Å²) in [6.07, 6.45) is 3.29. The number of amides is 2. The van der Waals surface area contributed by atoms with Crippen molar-refractivity contribution in [1.82, 2.24) is 10.2 Å². The van der Waals surface area contributed by atoms with Gasteiger partial charge in [-0.05, 0) is 48.4 Å². The van der Waals surface area contributed by atoms with Crippen molar-refractivity contribution in [2.24, 2.45) is 5.92 Å². The molecule has 2 N–H and O–H groups in total. The van der Waals surface area contributed by atoms with Gasteiger partial charge >= 0.3 is 12.1 Å². The smallest absolute Gasteiger partial charge is 0.407 e. The SMILES string of the molecule is CCN(CCCC(=O)O)C(=O)[C@H]1CCCC[C@H]1NC(=O)OCC1c2ccccc2-c2ccccc21. The van der Waals surface area contributed by atoms with Gasteiger partial charge in [-0.2, -0.15) is 0 Å². The molecular weight excluding hydrogens is 444 g/mol. The van der Waals surface area contributed by atoms with Crippen LogP contribution in [0, 0.1) is 5.92 Å². The number of nitrogens with zero attached hydrogens (tertiary/aromatic N) is 1. The van der Waals surface area contributed by atoms with E-state index in [9.17, 15) is 14.4 Å². The second-order valence-electron chi connectivity index (χ2n) is 9.38. The molecule has 0 spiro atoms. The van der Waals surface area contributed by atoms with Crippen LogP contribution in [0.1, 0.15) is 62.5 Å². The molecule has 7 heteroatoms. The number of hydrogen-bond acceptors (Lipinski definition) is 4. The van der Waals surface area contributed by atoms with Crippen LogP contribution in [-0.4, -0.2) is 53.7 Å². The van der Waals surface area contributed by atoms with Crippen LogP contribution in [0.25, 0.3) is 11.1 Å². The van der Waals surface area contributed by atoms with Gasteiger partial charge < -0.3 is 20.1 Å². The molecular formula is C28H34N2O5. The van der Waals surface area contributed by atoms with Gasteiger partial charge in [0.05, 0.1) is 5.92 Å². The van der Waals surface area contributed by atoms with Crippen molar-refractivity contribution in [3.8, 4) is 11.1 Å². The van der Waals surface area contributed by atoms with Gasteiger partial charge in [-0.15, -0.1) is 0 Å². The summed E-state index contributed by atoms with van der Waals surface area (Å²) in [5.74, 6) is -1.20. The van der Waals surface area contributed by atoms with Crippen molar-refractivity contribution < 1.29 is 24.2 Å². The topological polar surface area (TPSA) is 95.9 Å². The Labute approximate surface area is 206 Å². The first kappa shape index (κ1) is 24.8. The van der Waals surface area contributed by atoms with Crippen molar-refractivity contribution in [1.29, 1.82) is 0 Å². The number of benzene rings is 2. The molecule has 1 fully saturated rings. The molecule has 2 aliphatic carbocycles. The molecule has 35 heavy (non-hydrogen) atoms. The standard InChI is InChI=1S/C28H34N2O5/c1-2-30(17-9-16-26(31)32)27(33)23-14-7-8-15-25(23)29-28(34)35-18-24-21-12-5-3-10-19(21)20-11-4-6-13-22(20)24/h3-6,10-13,23-25H,2,7-9,14-18H2,1H3,(H,29,34)(H,31,32)/t23-,25+/m0/s1. The van der Waals surface area contributed by atoms with Crippen LogP contribution in [0.2, 0.25) is 0 Å². The first-order chi connectivity index (χ1) is 17.0. The van der Waals surface area contributed by atoms with E-state index in [2.05, 4.69) is 29.6 Å². The lowest BCUT2D eigenvalue weighted by molar-refractivity contribution is -0.140. The highest BCUT2D eigenvalue weighted by Gasteiger charge is 2.35. The van der Waals surface area contributed by atoms with E-state index >= 15 is 0 Å². The number of ether oxygens (including phenoxy) is 1. The predicted octanol–water partition coefficient (Wildman–Crippen LogP) is 4.80. The van der Waals surface area contributed by atoms with Crippen molar-refractivity contribution in [3.05, 3.63) is 59.7 Å². The minimum atomic E-state index is -0.860. The van der Waals surface area contributed by atoms with Gasteiger partial charge in [-0.25, -0.2) is 4.79 Å². The summed E-state index contributed by atoms with van der Waals surface area (Å²) < 4.78 is 5.71. The number of nitrogens with one attached hydrogen (secondary N) is 1. The number of hydrogen-bond donors (Lipinski definition) is 2. The molecule has 2 atom stereocenters. The molecule has 0 unspecified atom stereocenters. The van der Waals surface area contributed by atoms with Gasteiger partial charge in [0, 0.05) is 31.5 Å². The summed E-state index contributed by atoms with van der Waals surface area (Å²) in [4.78, 5) is 38.6. The fourth-order valence-corrected chi connectivity index (χ4v) is 5.47. The molecule has 0 heterocycles. The number of alkyl carbamates (subject to hydrolysis) is 1. The number of carboxylic acid groups (broad SMARTS) is 1. The first-order valence-corrected chi connectivity index (χ1v) is 12.6. The number of rotatable bonds is 9. The second kappa shape index (κ2) is 11.4. The normalized spacial score (nSPS) is 18.9. The number of carboxylic acids is 1. The summed E-state index contributed by atoms with van der Waals surface area (Å²) in [6, 6.07) is 16.1. The van der Waals surface area contributed by atoms with Crippen molar-refractivity contribution >= 4 is 18.0 Å². The van der Waals surface area contributed by atoms with Crippen LogP contribution in [0.3, 0.4) is 0 Å². The molecule has 4 rings (SSSR count). The van der Waals surface area contributed by atoms with E-state index in [0.29, 0.717) is 25.9 Å². The zero-order chi connectivity index (χ0) is 24.8. The molecule has 0 aliphatic heterocycles. The van der Waals surface area contributed by atoms with E-state index in [1.807, 2.05) is 31.2 Å². The number of fused-ring (bicyclic) bond motifs is 3. The van der Waals surface area contributed by atoms with E-state index in [1.54, 1.807) is 4.90 Å². The van der Waals surface area contributed by atoms with Gasteiger partial charge in [-0.3, -0.25) is 9.59 Å². The molecule has 0 radical (unpaired) electrons. The molecule has 2 aromatic carbocycles. The first-order valence-electron chi connectivity index (χ1n) is 12.6. The number of aliphatic carboxylic acids is 1. The average Bonchev–Trinajstić information content (AvgIpc) is 3.19. The maximum Gasteiger partial charge on any atom is 0.407 e. The Balaban J connectivity index is 1.37. The largest absolute Gasteiger partial charge is 0.481 e. The van der Waals surface area contributed by atoms with Crippen LogP contribution in [0.5, 0.6) is 0 Å². The highest BCUT2D eigenvalue weighted by atomic mass is 16.5. The Morgan fingerprint density at radius 1 is 1.00 bits per heavy atom. The van der Waals surface area contributed by atoms with Crippen LogP contribution >= 0.6 is 0 Å². The van der Waals surface area contributed by atoms with Gasteiger partial charge in [-0.1, -0.05) is 61.4 Å². The van der Waals surface area contributed by atoms with Gasteiger partial charge in [0.15, 0.2) is 0 Å². The van der Waals surface area contributed by atoms with Crippen LogP contribution in [0.4, 0.5) is 4.79 Å². The van der Waals surface area contributed by atoms with E-state index in [0.717, 1.165) is 30.4 Å². The zero-order valence-corrected chi connectivity index (χ0v) is 20.2. The van der Waals surface area contributed by atoms with Crippen molar-refractivity contribution in [3.63, 3.8) is 0 Å². The summed E-state index contributed by atoms with van der Waals surface area (Å²) in [5.41, 5.74) is 4.68. The predicted molar refractivity (Wildman–Crippen MR) is 133 cm³/mol. The summed E-state index contributed by atoms with van der Waals surface area (Å²) in [6.45, 7) is 3.07. The monoisotopic (exact) mass is 478 g/mol. The van der Waals surface area contributed by atoms with Crippen LogP contribution in [0.15, 0.2) is 48.5 Å². The van der Waals surface area contributed by atoms with Gasteiger partial charge in [0.1, 0.15) is 6.61 Å². The van der Waals surface area contributed by atoms with Gasteiger partial charge in [0.2, 0.25) is 5.91 Å². The Hall–Kier alpha value is -3.35. The van der Waals surface area contributed by atoms with E-state index in [1.165, 1.54) is 11.1 Å². The molecule has 0 saturated heterocycles. The Kier molecular flexibility index (Phi) is 8.06. The lowest BCUT2D eigenvalue weighted by atomic mass is 9.83. The third kappa shape index (κ3) is 5.66. The highest BCUT2D eigenvalue weighted by molar-refractivity contribution is 5.81. The molecule has 0 bridgehead atoms. The highest BCUT2D eigenvalue weighted by Crippen LogP contribution is 2.44. The summed E-state index contributed by atoms with van der Waals surface area (Å²) in [5, 5.41) is 11.9. The molecule has 1 saturated carbocycles. The Morgan fingerprint density at radius 3 is 2.26 bits per heavy atom. The lowest BCUT2D eigenvalue weighted by Crippen LogP contribution is -2.50. The molecule has 2 aliphatic rings.